The third-order valence-electron chi connectivity index (χ3n) is 5.36. The van der Waals surface area contributed by atoms with E-state index in [1.54, 1.807) is 0 Å². The van der Waals surface area contributed by atoms with Crippen LogP contribution in [0.5, 0.6) is 0 Å². The van der Waals surface area contributed by atoms with Gasteiger partial charge in [0.25, 0.3) is 0 Å². The summed E-state index contributed by atoms with van der Waals surface area (Å²) in [5.74, 6) is -8.45. The number of esters is 1. The maximum Gasteiger partial charge on any atom is 0.396 e. The molecule has 0 saturated heterocycles. The van der Waals surface area contributed by atoms with Gasteiger partial charge in [-0.1, -0.05) is 48.3 Å². The van der Waals surface area contributed by atoms with Gasteiger partial charge in [0.2, 0.25) is 5.91 Å². The van der Waals surface area contributed by atoms with Crippen LogP contribution in [0.4, 0.5) is 32.0 Å². The van der Waals surface area contributed by atoms with Crippen LogP contribution in [0.25, 0.3) is 0 Å². The monoisotopic (exact) mass is 571 g/mol. The van der Waals surface area contributed by atoms with E-state index in [1.807, 2.05) is 0 Å². The second kappa shape index (κ2) is 11.5. The Balaban J connectivity index is 2.43. The Labute approximate surface area is 220 Å². The van der Waals surface area contributed by atoms with E-state index < -0.39 is 59.6 Å². The summed E-state index contributed by atoms with van der Waals surface area (Å²) < 4.78 is 87.3. The summed E-state index contributed by atoms with van der Waals surface area (Å²) in [5.41, 5.74) is -1.78. The van der Waals surface area contributed by atoms with Gasteiger partial charge in [-0.05, 0) is 56.2 Å². The molecule has 2 aromatic carbocycles. The third kappa shape index (κ3) is 8.81. The van der Waals surface area contributed by atoms with Crippen LogP contribution < -0.4 is 5.32 Å². The van der Waals surface area contributed by atoms with Gasteiger partial charge < -0.3 is 10.1 Å². The third-order valence-corrected chi connectivity index (χ3v) is 5.95. The predicted molar refractivity (Wildman–Crippen MR) is 129 cm³/mol. The first-order valence-corrected chi connectivity index (χ1v) is 11.8. The fourth-order valence-corrected chi connectivity index (χ4v) is 3.86. The predicted octanol–water partition coefficient (Wildman–Crippen LogP) is 8.29. The molecular formula is C25H25Cl2F6NO3. The molecule has 0 aliphatic heterocycles. The van der Waals surface area contributed by atoms with Crippen LogP contribution >= 0.6 is 23.2 Å². The van der Waals surface area contributed by atoms with Gasteiger partial charge in [0, 0.05) is 5.02 Å². The molecule has 0 aliphatic rings. The quantitative estimate of drug-likeness (QED) is 0.268. The van der Waals surface area contributed by atoms with E-state index in [1.165, 1.54) is 45.0 Å². The zero-order valence-corrected chi connectivity index (χ0v) is 21.7. The Bertz CT molecular complexity index is 1110. The van der Waals surface area contributed by atoms with Gasteiger partial charge in [0.15, 0.2) is 0 Å². The van der Waals surface area contributed by atoms with Gasteiger partial charge in [-0.3, -0.25) is 9.59 Å². The molecule has 4 nitrogen and oxygen atoms in total. The molecule has 0 fully saturated rings. The number of hydrogen-bond acceptors (Lipinski definition) is 3. The standard InChI is InChI=1S/C25H25Cl2F6NO3/c1-13(24(28,29)30)21(14-5-8-16(26)9-6-14)22(36)34-19-11-15(7-10-18(19)27)17(25(31,32)33)12-20(35)37-23(2,3)4/h5-11,13,17,21H,12H2,1-4H3,(H,34,36)/t13-,17-,21+/m1/s1. The second-order valence-electron chi connectivity index (χ2n) is 9.47. The van der Waals surface area contributed by atoms with Crippen LogP contribution in [-0.2, 0) is 14.3 Å². The molecule has 37 heavy (non-hydrogen) atoms. The van der Waals surface area contributed by atoms with Crippen molar-refractivity contribution in [1.82, 2.24) is 0 Å². The highest BCUT2D eigenvalue weighted by atomic mass is 35.5. The molecule has 0 aliphatic carbocycles. The van der Waals surface area contributed by atoms with Gasteiger partial charge in [-0.15, -0.1) is 0 Å². The maximum atomic E-state index is 13.8. The SMILES string of the molecule is C[C@H]([C@H](C(=O)Nc1cc([C@@H](CC(=O)OC(C)(C)C)C(F)(F)F)ccc1Cl)c1ccc(Cl)cc1)C(F)(F)F. The molecular weight excluding hydrogens is 547 g/mol. The smallest absolute Gasteiger partial charge is 0.396 e. The molecule has 0 spiro atoms. The molecule has 1 N–H and O–H groups in total. The van der Waals surface area contributed by atoms with E-state index >= 15 is 0 Å². The van der Waals surface area contributed by atoms with Crippen molar-refractivity contribution in [2.24, 2.45) is 5.92 Å². The Morgan fingerprint density at radius 2 is 1.43 bits per heavy atom. The van der Waals surface area contributed by atoms with E-state index in [0.29, 0.717) is 0 Å². The van der Waals surface area contributed by atoms with Gasteiger partial charge >= 0.3 is 18.3 Å². The largest absolute Gasteiger partial charge is 0.460 e. The highest BCUT2D eigenvalue weighted by molar-refractivity contribution is 6.33. The van der Waals surface area contributed by atoms with E-state index in [4.69, 9.17) is 27.9 Å². The Morgan fingerprint density at radius 1 is 0.892 bits per heavy atom. The number of carbonyl (C=O) groups excluding carboxylic acids is 2. The van der Waals surface area contributed by atoms with E-state index in [-0.39, 0.29) is 21.3 Å². The van der Waals surface area contributed by atoms with Crippen LogP contribution in [0.15, 0.2) is 42.5 Å². The lowest BCUT2D eigenvalue weighted by Crippen LogP contribution is -2.34. The number of hydrogen-bond donors (Lipinski definition) is 1. The minimum absolute atomic E-state index is 0.00269. The number of ether oxygens (including phenoxy) is 1. The zero-order chi connectivity index (χ0) is 28.3. The molecule has 0 bridgehead atoms. The topological polar surface area (TPSA) is 55.4 Å². The summed E-state index contributed by atoms with van der Waals surface area (Å²) >= 11 is 11.9. The van der Waals surface area contributed by atoms with E-state index in [9.17, 15) is 35.9 Å². The Kier molecular flexibility index (Phi) is 9.57. The average Bonchev–Trinajstić information content (AvgIpc) is 2.72. The highest BCUT2D eigenvalue weighted by Crippen LogP contribution is 2.42. The van der Waals surface area contributed by atoms with Crippen molar-refractivity contribution < 1.29 is 40.7 Å². The van der Waals surface area contributed by atoms with Crippen molar-refractivity contribution in [1.29, 1.82) is 0 Å². The van der Waals surface area contributed by atoms with Gasteiger partial charge in [-0.25, -0.2) is 0 Å². The molecule has 0 aromatic heterocycles. The lowest BCUT2D eigenvalue weighted by atomic mass is 9.85. The number of anilines is 1. The molecule has 2 aromatic rings. The summed E-state index contributed by atoms with van der Waals surface area (Å²) in [6.45, 7) is 5.32. The Morgan fingerprint density at radius 3 is 1.92 bits per heavy atom. The molecule has 204 valence electrons. The first-order chi connectivity index (χ1) is 16.8. The molecule has 0 saturated carbocycles. The van der Waals surface area contributed by atoms with Gasteiger partial charge in [-0.2, -0.15) is 26.3 Å². The fraction of sp³-hybridized carbons (Fsp3) is 0.440. The average molecular weight is 572 g/mol. The van der Waals surface area contributed by atoms with Crippen molar-refractivity contribution in [2.45, 2.75) is 63.9 Å². The molecule has 0 heterocycles. The van der Waals surface area contributed by atoms with Crippen molar-refractivity contribution in [3.8, 4) is 0 Å². The van der Waals surface area contributed by atoms with Crippen LogP contribution in [0, 0.1) is 5.92 Å². The van der Waals surface area contributed by atoms with Crippen molar-refractivity contribution in [3.63, 3.8) is 0 Å². The minimum atomic E-state index is -4.87. The summed E-state index contributed by atoms with van der Waals surface area (Å²) in [6.07, 6.45) is -10.7. The number of halogens is 8. The van der Waals surface area contributed by atoms with Crippen LogP contribution in [-0.4, -0.2) is 29.8 Å². The maximum absolute atomic E-state index is 13.8. The van der Waals surface area contributed by atoms with Crippen molar-refractivity contribution >= 4 is 40.8 Å². The molecule has 1 amide bonds. The summed E-state index contributed by atoms with van der Waals surface area (Å²) in [6, 6.07) is 8.12. The Hall–Kier alpha value is -2.46. The number of alkyl halides is 6. The molecule has 3 atom stereocenters. The second-order valence-corrected chi connectivity index (χ2v) is 10.3. The van der Waals surface area contributed by atoms with Gasteiger partial charge in [0.05, 0.1) is 34.9 Å². The molecule has 12 heteroatoms. The number of rotatable bonds is 7. The van der Waals surface area contributed by atoms with Crippen LogP contribution in [0.3, 0.4) is 0 Å². The van der Waals surface area contributed by atoms with Crippen LogP contribution in [0.1, 0.15) is 57.1 Å². The van der Waals surface area contributed by atoms with E-state index in [2.05, 4.69) is 5.32 Å². The zero-order valence-electron chi connectivity index (χ0n) is 20.2. The number of carbonyl (C=O) groups is 2. The van der Waals surface area contributed by atoms with Crippen molar-refractivity contribution in [3.05, 3.63) is 63.6 Å². The summed E-state index contributed by atoms with van der Waals surface area (Å²) in [7, 11) is 0. The number of benzene rings is 2. The highest BCUT2D eigenvalue weighted by Gasteiger charge is 2.46. The molecule has 0 radical (unpaired) electrons. The van der Waals surface area contributed by atoms with Crippen LogP contribution in [0.2, 0.25) is 10.0 Å². The van der Waals surface area contributed by atoms with Gasteiger partial charge in [0.1, 0.15) is 5.60 Å². The summed E-state index contributed by atoms with van der Waals surface area (Å²) in [4.78, 5) is 25.2. The first-order valence-electron chi connectivity index (χ1n) is 11.0. The molecule has 2 rings (SSSR count). The lowest BCUT2D eigenvalue weighted by Gasteiger charge is -2.27. The summed E-state index contributed by atoms with van der Waals surface area (Å²) in [5, 5.41) is 2.26. The molecule has 0 unspecified atom stereocenters. The minimum Gasteiger partial charge on any atom is -0.460 e. The number of amides is 1. The lowest BCUT2D eigenvalue weighted by molar-refractivity contribution is -0.178. The fourth-order valence-electron chi connectivity index (χ4n) is 3.56. The number of nitrogens with one attached hydrogen (secondary N) is 1. The normalized spacial score (nSPS) is 15.0. The van der Waals surface area contributed by atoms with E-state index in [0.717, 1.165) is 25.1 Å². The van der Waals surface area contributed by atoms with Crippen molar-refractivity contribution in [2.75, 3.05) is 5.32 Å². The first kappa shape index (κ1) is 30.8.